The number of halogens is 1. The molecular formula is C17H26ClN3O3S. The van der Waals surface area contributed by atoms with Gasteiger partial charge in [-0.1, -0.05) is 6.07 Å². The normalized spacial score (nSPS) is 21.8. The van der Waals surface area contributed by atoms with Crippen molar-refractivity contribution in [3.63, 3.8) is 0 Å². The number of nitrogens with zero attached hydrogens (tertiary/aromatic N) is 2. The molecule has 0 aliphatic carbocycles. The Bertz CT molecular complexity index is 739. The third-order valence-corrected chi connectivity index (χ3v) is 6.76. The number of sulfonamides is 1. The van der Waals surface area contributed by atoms with Gasteiger partial charge in [-0.3, -0.25) is 4.79 Å². The first kappa shape index (κ1) is 20.2. The second-order valence-electron chi connectivity index (χ2n) is 6.65. The molecule has 8 heteroatoms. The predicted octanol–water partition coefficient (Wildman–Crippen LogP) is 1.04. The van der Waals surface area contributed by atoms with Crippen molar-refractivity contribution in [1.29, 1.82) is 0 Å². The van der Waals surface area contributed by atoms with Crippen LogP contribution in [0.2, 0.25) is 0 Å². The summed E-state index contributed by atoms with van der Waals surface area (Å²) >= 11 is 0. The Morgan fingerprint density at radius 3 is 2.48 bits per heavy atom. The van der Waals surface area contributed by atoms with E-state index >= 15 is 0 Å². The van der Waals surface area contributed by atoms with Crippen molar-refractivity contribution in [3.8, 4) is 0 Å². The maximum atomic E-state index is 12.9. The monoisotopic (exact) mass is 387 g/mol. The number of hydrogen-bond acceptors (Lipinski definition) is 4. The van der Waals surface area contributed by atoms with Gasteiger partial charge in [0.1, 0.15) is 0 Å². The highest BCUT2D eigenvalue weighted by Gasteiger charge is 2.29. The lowest BCUT2D eigenvalue weighted by Gasteiger charge is -2.31. The molecule has 1 atom stereocenters. The van der Waals surface area contributed by atoms with E-state index in [0.717, 1.165) is 17.5 Å². The number of carbonyl (C=O) groups excluding carboxylic acids is 1. The fourth-order valence-corrected chi connectivity index (χ4v) is 5.02. The predicted molar refractivity (Wildman–Crippen MR) is 99.6 cm³/mol. The largest absolute Gasteiger partial charge is 0.342 e. The first-order chi connectivity index (χ1) is 11.4. The molecule has 1 aromatic carbocycles. The fourth-order valence-electron chi connectivity index (χ4n) is 3.44. The summed E-state index contributed by atoms with van der Waals surface area (Å²) in [5.74, 6) is 0.0745. The molecule has 3 rings (SSSR count). The summed E-state index contributed by atoms with van der Waals surface area (Å²) < 4.78 is 27.4. The molecule has 1 N–H and O–H groups in total. The van der Waals surface area contributed by atoms with Gasteiger partial charge in [-0.15, -0.1) is 12.4 Å². The van der Waals surface area contributed by atoms with E-state index in [2.05, 4.69) is 5.32 Å². The minimum Gasteiger partial charge on any atom is -0.342 e. The van der Waals surface area contributed by atoms with E-state index in [1.807, 2.05) is 17.9 Å². The zero-order valence-electron chi connectivity index (χ0n) is 14.7. The van der Waals surface area contributed by atoms with E-state index < -0.39 is 10.0 Å². The Labute approximate surface area is 156 Å². The molecule has 2 heterocycles. The molecule has 1 fully saturated rings. The average molecular weight is 388 g/mol. The van der Waals surface area contributed by atoms with Crippen LogP contribution < -0.4 is 5.32 Å². The summed E-state index contributed by atoms with van der Waals surface area (Å²) in [6.45, 7) is 6.60. The Morgan fingerprint density at radius 2 is 1.84 bits per heavy atom. The summed E-state index contributed by atoms with van der Waals surface area (Å²) in [5, 5.41) is 3.27. The lowest BCUT2D eigenvalue weighted by molar-refractivity contribution is -0.128. The van der Waals surface area contributed by atoms with Gasteiger partial charge in [0.05, 0.1) is 4.90 Å². The molecule has 1 unspecified atom stereocenters. The summed E-state index contributed by atoms with van der Waals surface area (Å²) in [7, 11) is -3.46. The van der Waals surface area contributed by atoms with E-state index in [0.29, 0.717) is 44.0 Å². The molecule has 6 nitrogen and oxygen atoms in total. The zero-order chi connectivity index (χ0) is 17.3. The maximum Gasteiger partial charge on any atom is 0.243 e. The molecule has 1 aromatic rings. The lowest BCUT2D eigenvalue weighted by Crippen LogP contribution is -2.51. The quantitative estimate of drug-likeness (QED) is 0.823. The molecule has 0 aromatic heterocycles. The van der Waals surface area contributed by atoms with Gasteiger partial charge in [-0.25, -0.2) is 8.42 Å². The smallest absolute Gasteiger partial charge is 0.243 e. The Kier molecular flexibility index (Phi) is 6.48. The van der Waals surface area contributed by atoms with Gasteiger partial charge in [-0.2, -0.15) is 4.31 Å². The number of nitrogens with one attached hydrogen (secondary N) is 1. The van der Waals surface area contributed by atoms with Gasteiger partial charge in [0.25, 0.3) is 0 Å². The molecule has 1 amide bonds. The van der Waals surface area contributed by atoms with Gasteiger partial charge >= 0.3 is 0 Å². The number of benzene rings is 1. The third kappa shape index (κ3) is 4.34. The van der Waals surface area contributed by atoms with Crippen LogP contribution in [-0.2, 0) is 27.7 Å². The molecule has 2 aliphatic heterocycles. The molecular weight excluding hydrogens is 362 g/mol. The second kappa shape index (κ2) is 8.03. The highest BCUT2D eigenvalue weighted by molar-refractivity contribution is 7.89. The Morgan fingerprint density at radius 1 is 1.16 bits per heavy atom. The molecule has 0 saturated carbocycles. The summed E-state index contributed by atoms with van der Waals surface area (Å²) in [6, 6.07) is 5.60. The number of hydrogen-bond donors (Lipinski definition) is 1. The topological polar surface area (TPSA) is 69.7 Å². The maximum absolute atomic E-state index is 12.9. The zero-order valence-corrected chi connectivity index (χ0v) is 16.3. The van der Waals surface area contributed by atoms with Crippen LogP contribution in [0, 0.1) is 0 Å². The molecule has 2 aliphatic rings. The van der Waals surface area contributed by atoms with Crippen LogP contribution in [0.5, 0.6) is 0 Å². The van der Waals surface area contributed by atoms with Gasteiger partial charge in [0.2, 0.25) is 15.9 Å². The third-order valence-electron chi connectivity index (χ3n) is 4.89. The van der Waals surface area contributed by atoms with E-state index in [4.69, 9.17) is 0 Å². The van der Waals surface area contributed by atoms with Gasteiger partial charge in [0.15, 0.2) is 0 Å². The van der Waals surface area contributed by atoms with Crippen LogP contribution in [-0.4, -0.2) is 62.3 Å². The summed E-state index contributed by atoms with van der Waals surface area (Å²) in [5.41, 5.74) is 2.19. The number of amides is 1. The van der Waals surface area contributed by atoms with Gasteiger partial charge in [0, 0.05) is 45.7 Å². The average Bonchev–Trinajstić information content (AvgIpc) is 2.76. The lowest BCUT2D eigenvalue weighted by atomic mass is 10.0. The molecule has 1 saturated heterocycles. The molecule has 140 valence electrons. The van der Waals surface area contributed by atoms with Crippen molar-refractivity contribution in [1.82, 2.24) is 14.5 Å². The van der Waals surface area contributed by atoms with Crippen molar-refractivity contribution in [2.45, 2.75) is 37.6 Å². The summed E-state index contributed by atoms with van der Waals surface area (Å²) in [6.07, 6.45) is 1.48. The van der Waals surface area contributed by atoms with Crippen LogP contribution in [0.3, 0.4) is 0 Å². The van der Waals surface area contributed by atoms with E-state index in [1.165, 1.54) is 0 Å². The number of fused-ring (bicyclic) bond motifs is 1. The Hall–Kier alpha value is -1.15. The van der Waals surface area contributed by atoms with Crippen molar-refractivity contribution in [2.24, 2.45) is 0 Å². The highest BCUT2D eigenvalue weighted by Crippen LogP contribution is 2.23. The minimum atomic E-state index is -3.46. The van der Waals surface area contributed by atoms with Gasteiger partial charge < -0.3 is 10.2 Å². The summed E-state index contributed by atoms with van der Waals surface area (Å²) in [4.78, 5) is 13.8. The molecule has 25 heavy (non-hydrogen) atoms. The number of carbonyl (C=O) groups is 1. The molecule has 0 radical (unpaired) electrons. The van der Waals surface area contributed by atoms with Crippen LogP contribution in [0.15, 0.2) is 23.1 Å². The van der Waals surface area contributed by atoms with Crippen LogP contribution in [0.1, 0.15) is 25.0 Å². The van der Waals surface area contributed by atoms with Crippen LogP contribution in [0.4, 0.5) is 0 Å². The van der Waals surface area contributed by atoms with Crippen LogP contribution >= 0.6 is 12.4 Å². The number of piperazine rings is 1. The molecule has 0 spiro atoms. The van der Waals surface area contributed by atoms with E-state index in [1.54, 1.807) is 23.4 Å². The van der Waals surface area contributed by atoms with Crippen molar-refractivity contribution in [2.75, 3.05) is 32.7 Å². The second-order valence-corrected chi connectivity index (χ2v) is 8.59. The fraction of sp³-hybridized carbons (Fsp3) is 0.588. The number of rotatable bonds is 2. The SMILES string of the molecule is CC(=O)N1CCc2ccc(S(=O)(=O)N3CCNC(C)C3)cc2CC1.Cl. The van der Waals surface area contributed by atoms with Crippen LogP contribution in [0.25, 0.3) is 0 Å². The van der Waals surface area contributed by atoms with Crippen molar-refractivity contribution in [3.05, 3.63) is 29.3 Å². The highest BCUT2D eigenvalue weighted by atomic mass is 35.5. The van der Waals surface area contributed by atoms with E-state index in [-0.39, 0.29) is 24.4 Å². The first-order valence-electron chi connectivity index (χ1n) is 8.49. The first-order valence-corrected chi connectivity index (χ1v) is 9.93. The van der Waals surface area contributed by atoms with Crippen molar-refractivity contribution >= 4 is 28.3 Å². The minimum absolute atomic E-state index is 0. The van der Waals surface area contributed by atoms with E-state index in [9.17, 15) is 13.2 Å². The van der Waals surface area contributed by atoms with Gasteiger partial charge in [-0.05, 0) is 43.0 Å². The van der Waals surface area contributed by atoms with Crippen molar-refractivity contribution < 1.29 is 13.2 Å². The standard InChI is InChI=1S/C17H25N3O3S.ClH/c1-13-12-20(10-7-18-13)24(22,23)17-4-3-15-5-8-19(14(2)21)9-6-16(15)11-17;/h3-4,11,13,18H,5-10,12H2,1-2H3;1H. The Balaban J connectivity index is 0.00000225. The molecule has 0 bridgehead atoms.